The summed E-state index contributed by atoms with van der Waals surface area (Å²) in [5.74, 6) is 0.948. The van der Waals surface area contributed by atoms with Crippen molar-refractivity contribution >= 4 is 0 Å². The van der Waals surface area contributed by atoms with Crippen molar-refractivity contribution in [1.29, 1.82) is 0 Å². The third-order valence-electron chi connectivity index (χ3n) is 3.79. The lowest BCUT2D eigenvalue weighted by Crippen LogP contribution is -2.40. The van der Waals surface area contributed by atoms with Gasteiger partial charge in [0.25, 0.3) is 0 Å². The third-order valence-corrected chi connectivity index (χ3v) is 3.79. The van der Waals surface area contributed by atoms with Crippen LogP contribution in [0, 0.1) is 11.3 Å². The van der Waals surface area contributed by atoms with E-state index in [9.17, 15) is 4.39 Å². The molecular weight excluding hydrogens is 153 g/mol. The van der Waals surface area contributed by atoms with Crippen molar-refractivity contribution in [2.24, 2.45) is 11.3 Å². The fraction of sp³-hybridized carbons (Fsp3) is 1.00. The van der Waals surface area contributed by atoms with Crippen molar-refractivity contribution in [2.45, 2.75) is 38.6 Å². The molecule has 0 aliphatic heterocycles. The van der Waals surface area contributed by atoms with Gasteiger partial charge in [-0.15, -0.1) is 0 Å². The highest BCUT2D eigenvalue weighted by molar-refractivity contribution is 5.08. The Morgan fingerprint density at radius 3 is 3.08 bits per heavy atom. The van der Waals surface area contributed by atoms with Crippen LogP contribution in [0.25, 0.3) is 0 Å². The van der Waals surface area contributed by atoms with Gasteiger partial charge < -0.3 is 5.32 Å². The van der Waals surface area contributed by atoms with Crippen LogP contribution in [0.1, 0.15) is 32.6 Å². The SMILES string of the molecule is CC12CC1CCCC2NCCF. The van der Waals surface area contributed by atoms with Gasteiger partial charge in [-0.3, -0.25) is 0 Å². The smallest absolute Gasteiger partial charge is 0.102 e. The molecule has 70 valence electrons. The molecule has 2 fully saturated rings. The van der Waals surface area contributed by atoms with Crippen molar-refractivity contribution in [2.75, 3.05) is 13.2 Å². The van der Waals surface area contributed by atoms with E-state index < -0.39 is 0 Å². The molecule has 1 nitrogen and oxygen atoms in total. The van der Waals surface area contributed by atoms with Crippen molar-refractivity contribution in [3.05, 3.63) is 0 Å². The minimum Gasteiger partial charge on any atom is -0.311 e. The Morgan fingerprint density at radius 2 is 2.33 bits per heavy atom. The Morgan fingerprint density at radius 1 is 1.50 bits per heavy atom. The van der Waals surface area contributed by atoms with Crippen LogP contribution in [0.2, 0.25) is 0 Å². The molecule has 0 aromatic heterocycles. The number of fused-ring (bicyclic) bond motifs is 1. The average molecular weight is 171 g/mol. The van der Waals surface area contributed by atoms with Gasteiger partial charge >= 0.3 is 0 Å². The molecule has 2 heteroatoms. The van der Waals surface area contributed by atoms with E-state index in [-0.39, 0.29) is 6.67 Å². The topological polar surface area (TPSA) is 12.0 Å². The predicted molar refractivity (Wildman–Crippen MR) is 47.8 cm³/mol. The van der Waals surface area contributed by atoms with E-state index in [4.69, 9.17) is 0 Å². The fourth-order valence-corrected chi connectivity index (χ4v) is 2.79. The monoisotopic (exact) mass is 171 g/mol. The number of halogens is 1. The summed E-state index contributed by atoms with van der Waals surface area (Å²) < 4.78 is 12.0. The van der Waals surface area contributed by atoms with E-state index in [0.29, 0.717) is 18.0 Å². The van der Waals surface area contributed by atoms with Crippen molar-refractivity contribution < 1.29 is 4.39 Å². The maximum atomic E-state index is 12.0. The molecule has 0 radical (unpaired) electrons. The molecule has 0 aromatic rings. The first kappa shape index (κ1) is 8.49. The van der Waals surface area contributed by atoms with E-state index in [1.54, 1.807) is 0 Å². The molecule has 0 amide bonds. The van der Waals surface area contributed by atoms with Gasteiger partial charge in [-0.1, -0.05) is 13.3 Å². The number of hydrogen-bond donors (Lipinski definition) is 1. The van der Waals surface area contributed by atoms with Gasteiger partial charge in [-0.05, 0) is 30.6 Å². The Bertz CT molecular complexity index is 171. The first-order chi connectivity index (χ1) is 5.77. The maximum Gasteiger partial charge on any atom is 0.102 e. The molecule has 0 bridgehead atoms. The molecule has 2 rings (SSSR count). The standard InChI is InChI=1S/C10H18FN/c1-10-7-8(10)3-2-4-9(10)12-6-5-11/h8-9,12H,2-7H2,1H3. The molecule has 2 aliphatic rings. The molecule has 12 heavy (non-hydrogen) atoms. The van der Waals surface area contributed by atoms with Crippen LogP contribution < -0.4 is 5.32 Å². The maximum absolute atomic E-state index is 12.0. The van der Waals surface area contributed by atoms with Gasteiger partial charge in [0.2, 0.25) is 0 Å². The van der Waals surface area contributed by atoms with E-state index in [2.05, 4.69) is 12.2 Å². The number of hydrogen-bond acceptors (Lipinski definition) is 1. The number of nitrogens with one attached hydrogen (secondary N) is 1. The van der Waals surface area contributed by atoms with Crippen LogP contribution in [0.4, 0.5) is 4.39 Å². The number of alkyl halides is 1. The van der Waals surface area contributed by atoms with Gasteiger partial charge in [0.05, 0.1) is 0 Å². The Labute approximate surface area is 73.7 Å². The van der Waals surface area contributed by atoms with Crippen LogP contribution in [0.3, 0.4) is 0 Å². The van der Waals surface area contributed by atoms with E-state index in [1.165, 1.54) is 25.7 Å². The largest absolute Gasteiger partial charge is 0.311 e. The van der Waals surface area contributed by atoms with Crippen molar-refractivity contribution in [1.82, 2.24) is 5.32 Å². The molecule has 3 atom stereocenters. The Balaban J connectivity index is 1.87. The van der Waals surface area contributed by atoms with E-state index >= 15 is 0 Å². The molecule has 2 aliphatic carbocycles. The molecule has 0 saturated heterocycles. The lowest BCUT2D eigenvalue weighted by molar-refractivity contribution is 0.256. The van der Waals surface area contributed by atoms with Gasteiger partial charge in [0.1, 0.15) is 6.67 Å². The van der Waals surface area contributed by atoms with Crippen LogP contribution >= 0.6 is 0 Å². The zero-order valence-corrected chi connectivity index (χ0v) is 7.78. The summed E-state index contributed by atoms with van der Waals surface area (Å²) in [6.45, 7) is 2.68. The van der Waals surface area contributed by atoms with Gasteiger partial charge in [-0.25, -0.2) is 4.39 Å². The highest BCUT2D eigenvalue weighted by Crippen LogP contribution is 2.60. The first-order valence-electron chi connectivity index (χ1n) is 5.07. The summed E-state index contributed by atoms with van der Waals surface area (Å²) in [6, 6.07) is 0.604. The quantitative estimate of drug-likeness (QED) is 0.686. The predicted octanol–water partition coefficient (Wildman–Crippen LogP) is 2.12. The lowest BCUT2D eigenvalue weighted by Gasteiger charge is -2.29. The van der Waals surface area contributed by atoms with Crippen molar-refractivity contribution in [3.8, 4) is 0 Å². The summed E-state index contributed by atoms with van der Waals surface area (Å²) in [5.41, 5.74) is 0.535. The second-order valence-electron chi connectivity index (χ2n) is 4.53. The summed E-state index contributed by atoms with van der Waals surface area (Å²) in [5, 5.41) is 3.33. The summed E-state index contributed by atoms with van der Waals surface area (Å²) in [7, 11) is 0. The molecule has 1 N–H and O–H groups in total. The average Bonchev–Trinajstić information content (AvgIpc) is 2.73. The summed E-state index contributed by atoms with van der Waals surface area (Å²) in [6.07, 6.45) is 5.37. The first-order valence-corrected chi connectivity index (χ1v) is 5.07. The summed E-state index contributed by atoms with van der Waals surface area (Å²) in [4.78, 5) is 0. The van der Waals surface area contributed by atoms with Gasteiger partial charge in [0.15, 0.2) is 0 Å². The minimum atomic E-state index is -0.225. The lowest BCUT2D eigenvalue weighted by atomic mass is 9.85. The second kappa shape index (κ2) is 2.99. The fourth-order valence-electron chi connectivity index (χ4n) is 2.79. The van der Waals surface area contributed by atoms with E-state index in [1.807, 2.05) is 0 Å². The Hall–Kier alpha value is -0.110. The van der Waals surface area contributed by atoms with E-state index in [0.717, 1.165) is 5.92 Å². The normalized spacial score (nSPS) is 45.5. The molecule has 0 heterocycles. The highest BCUT2D eigenvalue weighted by Gasteiger charge is 2.56. The Kier molecular flexibility index (Phi) is 2.11. The van der Waals surface area contributed by atoms with Crippen LogP contribution in [0.5, 0.6) is 0 Å². The molecule has 3 unspecified atom stereocenters. The minimum absolute atomic E-state index is 0.225. The molecule has 0 spiro atoms. The van der Waals surface area contributed by atoms with Crippen LogP contribution in [-0.2, 0) is 0 Å². The van der Waals surface area contributed by atoms with Gasteiger partial charge in [-0.2, -0.15) is 0 Å². The zero-order chi connectivity index (χ0) is 8.60. The number of rotatable bonds is 3. The second-order valence-corrected chi connectivity index (χ2v) is 4.53. The van der Waals surface area contributed by atoms with Gasteiger partial charge in [0, 0.05) is 12.6 Å². The summed E-state index contributed by atoms with van der Waals surface area (Å²) >= 11 is 0. The molecular formula is C10H18FN. The zero-order valence-electron chi connectivity index (χ0n) is 7.78. The highest BCUT2D eigenvalue weighted by atomic mass is 19.1. The van der Waals surface area contributed by atoms with Crippen LogP contribution in [0.15, 0.2) is 0 Å². The third kappa shape index (κ3) is 1.26. The molecule has 2 saturated carbocycles. The molecule has 0 aromatic carbocycles. The van der Waals surface area contributed by atoms with Crippen molar-refractivity contribution in [3.63, 3.8) is 0 Å². The van der Waals surface area contributed by atoms with Crippen LogP contribution in [-0.4, -0.2) is 19.3 Å².